The van der Waals surface area contributed by atoms with Crippen LogP contribution in [0.15, 0.2) is 46.6 Å². The number of aryl methyl sites for hydroxylation is 1. The number of aromatic hydroxyl groups is 1. The predicted octanol–water partition coefficient (Wildman–Crippen LogP) is 4.79. The number of rotatable bonds is 5. The van der Waals surface area contributed by atoms with Crippen molar-refractivity contribution in [3.8, 4) is 11.6 Å². The number of hydrogen-bond donors (Lipinski definition) is 1. The Morgan fingerprint density at radius 1 is 1.29 bits per heavy atom. The Morgan fingerprint density at radius 2 is 2.04 bits per heavy atom. The number of nitro benzene ring substituents is 1. The van der Waals surface area contributed by atoms with E-state index in [2.05, 4.69) is 10.2 Å². The molecule has 0 unspecified atom stereocenters. The van der Waals surface area contributed by atoms with E-state index in [-0.39, 0.29) is 33.4 Å². The quantitative estimate of drug-likeness (QED) is 0.360. The van der Waals surface area contributed by atoms with Crippen LogP contribution in [-0.4, -0.2) is 27.1 Å². The highest BCUT2D eigenvalue weighted by Gasteiger charge is 2.18. The van der Waals surface area contributed by atoms with Crippen molar-refractivity contribution < 1.29 is 19.6 Å². The molecule has 28 heavy (non-hydrogen) atoms. The van der Waals surface area contributed by atoms with E-state index in [0.717, 1.165) is 0 Å². The Kier molecular flexibility index (Phi) is 5.48. The second-order valence-corrected chi connectivity index (χ2v) is 6.49. The zero-order valence-corrected chi connectivity index (χ0v) is 15.8. The van der Waals surface area contributed by atoms with Gasteiger partial charge in [0, 0.05) is 29.6 Å². The molecule has 0 aliphatic carbocycles. The van der Waals surface area contributed by atoms with E-state index >= 15 is 0 Å². The molecule has 1 amide bonds. The van der Waals surface area contributed by atoms with Crippen molar-refractivity contribution in [2.75, 3.05) is 6.61 Å². The molecule has 1 aromatic heterocycles. The van der Waals surface area contributed by atoms with Crippen LogP contribution in [-0.2, 0) is 11.8 Å². The lowest BCUT2D eigenvalue weighted by Gasteiger charge is -2.05. The molecule has 0 spiro atoms. The first kappa shape index (κ1) is 19.6. The Labute approximate surface area is 167 Å². The molecule has 9 nitrogen and oxygen atoms in total. The van der Waals surface area contributed by atoms with Crippen LogP contribution in [0.1, 0.15) is 0 Å². The molecule has 0 bridgehead atoms. The smallest absolute Gasteiger partial charge is 0.302 e. The number of halogens is 2. The second-order valence-electron chi connectivity index (χ2n) is 5.65. The van der Waals surface area contributed by atoms with Crippen LogP contribution >= 0.6 is 23.2 Å². The van der Waals surface area contributed by atoms with Gasteiger partial charge in [-0.1, -0.05) is 23.2 Å². The van der Waals surface area contributed by atoms with E-state index in [1.54, 1.807) is 13.1 Å². The summed E-state index contributed by atoms with van der Waals surface area (Å²) in [4.78, 5) is 22.4. The maximum Gasteiger partial charge on any atom is 0.302 e. The third kappa shape index (κ3) is 3.90. The highest BCUT2D eigenvalue weighted by molar-refractivity contribution is 6.35. The zero-order valence-electron chi connectivity index (χ0n) is 14.3. The number of ether oxygens (including phenoxy) is 1. The molecule has 0 saturated carbocycles. The summed E-state index contributed by atoms with van der Waals surface area (Å²) in [6, 6.07) is 8.54. The minimum atomic E-state index is -0.743. The van der Waals surface area contributed by atoms with Crippen LogP contribution in [0.2, 0.25) is 10.0 Å². The zero-order chi connectivity index (χ0) is 20.4. The minimum absolute atomic E-state index is 0.0564. The van der Waals surface area contributed by atoms with E-state index in [9.17, 15) is 20.0 Å². The molecular weight excluding hydrogens is 411 g/mol. The van der Waals surface area contributed by atoms with Crippen LogP contribution < -0.4 is 4.74 Å². The summed E-state index contributed by atoms with van der Waals surface area (Å²) in [5, 5.41) is 29.4. The van der Waals surface area contributed by atoms with Crippen molar-refractivity contribution >= 4 is 51.4 Å². The highest BCUT2D eigenvalue weighted by atomic mass is 35.5. The average Bonchev–Trinajstić information content (AvgIpc) is 2.89. The van der Waals surface area contributed by atoms with Gasteiger partial charge in [0.05, 0.1) is 15.5 Å². The van der Waals surface area contributed by atoms with Crippen LogP contribution in [0.3, 0.4) is 0 Å². The number of benzene rings is 2. The number of nitrogens with zero attached hydrogens (tertiary/aromatic N) is 4. The highest BCUT2D eigenvalue weighted by Crippen LogP contribution is 2.39. The number of non-ortho nitro benzene ring substituents is 1. The SMILES string of the molecule is Cn1c(O)c(N=NC(=O)COc2ccc(Cl)cc2Cl)c2cc([N+](=O)[O-])ccc21. The topological polar surface area (TPSA) is 119 Å². The summed E-state index contributed by atoms with van der Waals surface area (Å²) in [6.45, 7) is -0.448. The predicted molar refractivity (Wildman–Crippen MR) is 103 cm³/mol. The first-order chi connectivity index (χ1) is 13.3. The minimum Gasteiger partial charge on any atom is -0.493 e. The van der Waals surface area contributed by atoms with Gasteiger partial charge in [-0.05, 0) is 24.3 Å². The van der Waals surface area contributed by atoms with Crippen LogP contribution in [0.4, 0.5) is 11.4 Å². The van der Waals surface area contributed by atoms with Gasteiger partial charge in [0.2, 0.25) is 5.88 Å². The fraction of sp³-hybridized carbons (Fsp3) is 0.118. The van der Waals surface area contributed by atoms with Gasteiger partial charge < -0.3 is 14.4 Å². The molecule has 0 aliphatic heterocycles. The molecule has 144 valence electrons. The summed E-state index contributed by atoms with van der Waals surface area (Å²) >= 11 is 11.7. The van der Waals surface area contributed by atoms with E-state index in [0.29, 0.717) is 10.5 Å². The van der Waals surface area contributed by atoms with Gasteiger partial charge in [-0.3, -0.25) is 14.9 Å². The third-order valence-electron chi connectivity index (χ3n) is 3.84. The van der Waals surface area contributed by atoms with Crippen molar-refractivity contribution in [3.63, 3.8) is 0 Å². The molecule has 0 fully saturated rings. The summed E-state index contributed by atoms with van der Waals surface area (Å²) in [6.07, 6.45) is 0. The standard InChI is InChI=1S/C17H12Cl2N4O5/c1-22-13-4-3-10(23(26)27)7-11(13)16(17(22)25)21-20-15(24)8-28-14-5-2-9(18)6-12(14)19/h2-7,25H,8H2,1H3. The number of amides is 1. The molecular formula is C17H12Cl2N4O5. The van der Waals surface area contributed by atoms with Crippen LogP contribution in [0.25, 0.3) is 10.9 Å². The Balaban J connectivity index is 1.82. The number of hydrogen-bond acceptors (Lipinski definition) is 6. The van der Waals surface area contributed by atoms with Crippen molar-refractivity contribution in [1.82, 2.24) is 4.57 Å². The maximum atomic E-state index is 11.9. The van der Waals surface area contributed by atoms with Gasteiger partial charge in [-0.15, -0.1) is 10.2 Å². The number of fused-ring (bicyclic) bond motifs is 1. The van der Waals surface area contributed by atoms with E-state index in [1.165, 1.54) is 34.9 Å². The van der Waals surface area contributed by atoms with Gasteiger partial charge >= 0.3 is 5.91 Å². The van der Waals surface area contributed by atoms with Gasteiger partial charge in [0.1, 0.15) is 5.75 Å². The lowest BCUT2D eigenvalue weighted by Crippen LogP contribution is -2.08. The molecule has 3 aromatic rings. The average molecular weight is 423 g/mol. The molecule has 1 N–H and O–H groups in total. The fourth-order valence-electron chi connectivity index (χ4n) is 2.48. The summed E-state index contributed by atoms with van der Waals surface area (Å²) in [7, 11) is 1.55. The lowest BCUT2D eigenvalue weighted by atomic mass is 10.2. The number of carbonyl (C=O) groups is 1. The normalized spacial score (nSPS) is 11.2. The van der Waals surface area contributed by atoms with Gasteiger partial charge in [0.15, 0.2) is 12.3 Å². The summed E-state index contributed by atoms with van der Waals surface area (Å²) < 4.78 is 6.64. The van der Waals surface area contributed by atoms with E-state index in [4.69, 9.17) is 27.9 Å². The molecule has 0 radical (unpaired) electrons. The molecule has 11 heteroatoms. The number of azo groups is 1. The first-order valence-electron chi connectivity index (χ1n) is 7.76. The Bertz CT molecular complexity index is 1130. The van der Waals surface area contributed by atoms with Crippen LogP contribution in [0, 0.1) is 10.1 Å². The van der Waals surface area contributed by atoms with Crippen molar-refractivity contribution in [2.45, 2.75) is 0 Å². The Hall–Kier alpha value is -3.17. The van der Waals surface area contributed by atoms with Gasteiger partial charge in [-0.25, -0.2) is 0 Å². The van der Waals surface area contributed by atoms with Gasteiger partial charge in [-0.2, -0.15) is 0 Å². The van der Waals surface area contributed by atoms with E-state index in [1.807, 2.05) is 0 Å². The number of nitro groups is 1. The molecule has 0 aliphatic rings. The number of carbonyl (C=O) groups excluding carboxylic acids is 1. The van der Waals surface area contributed by atoms with Gasteiger partial charge in [0.25, 0.3) is 5.69 Å². The first-order valence-corrected chi connectivity index (χ1v) is 8.51. The Morgan fingerprint density at radius 3 is 2.71 bits per heavy atom. The molecule has 0 saturated heterocycles. The molecule has 1 heterocycles. The summed E-state index contributed by atoms with van der Waals surface area (Å²) in [5.74, 6) is -0.778. The van der Waals surface area contributed by atoms with Crippen molar-refractivity contribution in [3.05, 3.63) is 56.6 Å². The fourth-order valence-corrected chi connectivity index (χ4v) is 2.94. The maximum absolute atomic E-state index is 11.9. The largest absolute Gasteiger partial charge is 0.493 e. The second kappa shape index (κ2) is 7.83. The van der Waals surface area contributed by atoms with Crippen molar-refractivity contribution in [1.29, 1.82) is 0 Å². The van der Waals surface area contributed by atoms with E-state index < -0.39 is 17.4 Å². The monoisotopic (exact) mass is 422 g/mol. The molecule has 2 aromatic carbocycles. The summed E-state index contributed by atoms with van der Waals surface area (Å²) in [5.41, 5.74) is 0.259. The molecule has 0 atom stereocenters. The lowest BCUT2D eigenvalue weighted by molar-refractivity contribution is -0.384. The number of aromatic nitrogens is 1. The molecule has 3 rings (SSSR count). The van der Waals surface area contributed by atoms with Crippen LogP contribution in [0.5, 0.6) is 11.6 Å². The third-order valence-corrected chi connectivity index (χ3v) is 4.37. The van der Waals surface area contributed by atoms with Crippen molar-refractivity contribution in [2.24, 2.45) is 17.3 Å².